The minimum Gasteiger partial charge on any atom is -0.465 e. The summed E-state index contributed by atoms with van der Waals surface area (Å²) >= 11 is 0. The first-order valence-electron chi connectivity index (χ1n) is 4.66. The lowest BCUT2D eigenvalue weighted by Crippen LogP contribution is -2.41. The first kappa shape index (κ1) is 8.53. The molecule has 1 amide bonds. The molecule has 2 atom stereocenters. The third-order valence-electron chi connectivity index (χ3n) is 3.14. The molecule has 1 saturated heterocycles. The van der Waals surface area contributed by atoms with E-state index in [9.17, 15) is 9.59 Å². The van der Waals surface area contributed by atoms with E-state index in [2.05, 4.69) is 0 Å². The predicted octanol–water partition coefficient (Wildman–Crippen LogP) is 0.965. The van der Waals surface area contributed by atoms with Crippen LogP contribution >= 0.6 is 0 Å². The lowest BCUT2D eigenvalue weighted by atomic mass is 9.89. The summed E-state index contributed by atoms with van der Waals surface area (Å²) in [4.78, 5) is 23.2. The first-order valence-corrected chi connectivity index (χ1v) is 4.66. The number of carbonyl (C=O) groups is 2. The second-order valence-electron chi connectivity index (χ2n) is 3.98. The molecule has 1 aliphatic carbocycles. The molecule has 0 spiro atoms. The van der Waals surface area contributed by atoms with Crippen LogP contribution in [-0.4, -0.2) is 35.0 Å². The topological polar surface area (TPSA) is 57.6 Å². The van der Waals surface area contributed by atoms with Gasteiger partial charge in [0.25, 0.3) is 0 Å². The summed E-state index contributed by atoms with van der Waals surface area (Å²) in [6, 6.07) is 0. The Labute approximate surface area is 76.5 Å². The zero-order valence-electron chi connectivity index (χ0n) is 7.40. The number of hydrogen-bond donors (Lipinski definition) is 1. The van der Waals surface area contributed by atoms with Gasteiger partial charge in [0.15, 0.2) is 0 Å². The minimum atomic E-state index is -0.849. The molecule has 1 heterocycles. The van der Waals surface area contributed by atoms with Crippen molar-refractivity contribution in [3.05, 3.63) is 0 Å². The van der Waals surface area contributed by atoms with Gasteiger partial charge in [-0.15, -0.1) is 0 Å². The van der Waals surface area contributed by atoms with Crippen molar-refractivity contribution in [3.63, 3.8) is 0 Å². The van der Waals surface area contributed by atoms with Crippen molar-refractivity contribution in [1.82, 2.24) is 4.90 Å². The van der Waals surface area contributed by atoms with E-state index in [-0.39, 0.29) is 0 Å². The number of ketones is 1. The summed E-state index contributed by atoms with van der Waals surface area (Å²) in [6.07, 6.45) is 1.28. The number of nitrogens with zero attached hydrogens (tertiary/aromatic N) is 1. The highest BCUT2D eigenvalue weighted by Crippen LogP contribution is 2.35. The van der Waals surface area contributed by atoms with Crippen molar-refractivity contribution < 1.29 is 14.7 Å². The monoisotopic (exact) mass is 183 g/mol. The highest BCUT2D eigenvalue weighted by molar-refractivity contribution is 5.81. The largest absolute Gasteiger partial charge is 0.465 e. The molecule has 0 aromatic heterocycles. The zero-order valence-corrected chi connectivity index (χ0v) is 7.40. The number of hydrogen-bond acceptors (Lipinski definition) is 2. The van der Waals surface area contributed by atoms with Gasteiger partial charge in [0.1, 0.15) is 5.78 Å². The van der Waals surface area contributed by atoms with E-state index in [4.69, 9.17) is 5.11 Å². The number of likely N-dealkylation sites (tertiary alicyclic amines) is 1. The first-order chi connectivity index (χ1) is 6.16. The Kier molecular flexibility index (Phi) is 1.98. The molecule has 2 aliphatic rings. The van der Waals surface area contributed by atoms with Crippen LogP contribution in [0.1, 0.15) is 19.3 Å². The number of piperidine rings is 1. The molecule has 1 N–H and O–H groups in total. The Balaban J connectivity index is 2.01. The van der Waals surface area contributed by atoms with Crippen LogP contribution < -0.4 is 0 Å². The van der Waals surface area contributed by atoms with Gasteiger partial charge in [-0.05, 0) is 18.3 Å². The summed E-state index contributed by atoms with van der Waals surface area (Å²) in [5.41, 5.74) is 0. The Morgan fingerprint density at radius 1 is 1.38 bits per heavy atom. The zero-order chi connectivity index (χ0) is 9.42. The van der Waals surface area contributed by atoms with Crippen molar-refractivity contribution in [3.8, 4) is 0 Å². The van der Waals surface area contributed by atoms with Gasteiger partial charge in [0, 0.05) is 25.9 Å². The van der Waals surface area contributed by atoms with Crippen molar-refractivity contribution in [2.75, 3.05) is 13.1 Å². The summed E-state index contributed by atoms with van der Waals surface area (Å²) in [5, 5.41) is 8.77. The molecular weight excluding hydrogens is 170 g/mol. The number of carbonyl (C=O) groups excluding carboxylic acids is 1. The molecule has 4 heteroatoms. The van der Waals surface area contributed by atoms with Crippen molar-refractivity contribution >= 4 is 11.9 Å². The van der Waals surface area contributed by atoms with E-state index in [1.165, 1.54) is 4.90 Å². The highest BCUT2D eigenvalue weighted by Gasteiger charge is 2.38. The lowest BCUT2D eigenvalue weighted by Gasteiger charge is -2.32. The molecule has 0 aromatic rings. The summed E-state index contributed by atoms with van der Waals surface area (Å²) in [7, 11) is 0. The van der Waals surface area contributed by atoms with Gasteiger partial charge >= 0.3 is 6.09 Å². The molecule has 1 saturated carbocycles. The van der Waals surface area contributed by atoms with Gasteiger partial charge in [-0.25, -0.2) is 4.79 Å². The molecule has 2 unspecified atom stereocenters. The fourth-order valence-electron chi connectivity index (χ4n) is 2.42. The van der Waals surface area contributed by atoms with E-state index in [0.29, 0.717) is 43.6 Å². The normalized spacial score (nSPS) is 33.2. The van der Waals surface area contributed by atoms with E-state index < -0.39 is 6.09 Å². The maximum absolute atomic E-state index is 11.1. The fourth-order valence-corrected chi connectivity index (χ4v) is 2.42. The van der Waals surface area contributed by atoms with Crippen molar-refractivity contribution in [2.45, 2.75) is 19.3 Å². The number of Topliss-reactive ketones (excluding diaryl/α,β-unsaturated/α-hetero) is 1. The molecule has 1 aliphatic heterocycles. The quantitative estimate of drug-likeness (QED) is 0.608. The van der Waals surface area contributed by atoms with Crippen LogP contribution in [0.4, 0.5) is 4.79 Å². The van der Waals surface area contributed by atoms with Gasteiger partial charge in [0.05, 0.1) is 0 Å². The Morgan fingerprint density at radius 2 is 2.08 bits per heavy atom. The van der Waals surface area contributed by atoms with Crippen LogP contribution in [0, 0.1) is 11.8 Å². The number of amides is 1. The number of carboxylic acid groups (broad SMARTS) is 1. The Morgan fingerprint density at radius 3 is 2.77 bits per heavy atom. The molecule has 0 radical (unpaired) electrons. The van der Waals surface area contributed by atoms with Crippen LogP contribution in [0.5, 0.6) is 0 Å². The van der Waals surface area contributed by atoms with Crippen LogP contribution in [0.3, 0.4) is 0 Å². The summed E-state index contributed by atoms with van der Waals surface area (Å²) in [5.74, 6) is 1.07. The van der Waals surface area contributed by atoms with Crippen molar-refractivity contribution in [2.24, 2.45) is 11.8 Å². The summed E-state index contributed by atoms with van der Waals surface area (Å²) in [6.45, 7) is 1.16. The molecule has 0 bridgehead atoms. The average Bonchev–Trinajstić information content (AvgIpc) is 2.42. The van der Waals surface area contributed by atoms with Gasteiger partial charge in [-0.1, -0.05) is 0 Å². The Hall–Kier alpha value is -1.06. The smallest absolute Gasteiger partial charge is 0.407 e. The molecule has 72 valence electrons. The van der Waals surface area contributed by atoms with Crippen LogP contribution in [-0.2, 0) is 4.79 Å². The van der Waals surface area contributed by atoms with Gasteiger partial charge in [-0.3, -0.25) is 4.79 Å². The van der Waals surface area contributed by atoms with E-state index >= 15 is 0 Å². The van der Waals surface area contributed by atoms with Crippen LogP contribution in [0.25, 0.3) is 0 Å². The number of rotatable bonds is 0. The second kappa shape index (κ2) is 3.01. The van der Waals surface area contributed by atoms with E-state index in [1.54, 1.807) is 0 Å². The highest BCUT2D eigenvalue weighted by atomic mass is 16.4. The SMILES string of the molecule is O=C1CC2CCN(C(=O)O)CC2C1. The molecule has 0 aromatic carbocycles. The van der Waals surface area contributed by atoms with Gasteiger partial charge in [-0.2, -0.15) is 0 Å². The van der Waals surface area contributed by atoms with Gasteiger partial charge < -0.3 is 10.0 Å². The lowest BCUT2D eigenvalue weighted by molar-refractivity contribution is -0.117. The molecule has 4 nitrogen and oxygen atoms in total. The standard InChI is InChI=1S/C9H13NO3/c11-8-3-6-1-2-10(9(12)13)5-7(6)4-8/h6-7H,1-5H2,(H,12,13). The average molecular weight is 183 g/mol. The third-order valence-corrected chi connectivity index (χ3v) is 3.14. The fraction of sp³-hybridized carbons (Fsp3) is 0.778. The van der Waals surface area contributed by atoms with Gasteiger partial charge in [0.2, 0.25) is 0 Å². The van der Waals surface area contributed by atoms with E-state index in [1.807, 2.05) is 0 Å². The van der Waals surface area contributed by atoms with Crippen LogP contribution in [0.2, 0.25) is 0 Å². The maximum atomic E-state index is 11.1. The second-order valence-corrected chi connectivity index (χ2v) is 3.98. The number of fused-ring (bicyclic) bond motifs is 1. The Bertz CT molecular complexity index is 251. The molecule has 2 rings (SSSR count). The maximum Gasteiger partial charge on any atom is 0.407 e. The molecule has 13 heavy (non-hydrogen) atoms. The molecule has 2 fully saturated rings. The van der Waals surface area contributed by atoms with Crippen molar-refractivity contribution in [1.29, 1.82) is 0 Å². The predicted molar refractivity (Wildman–Crippen MR) is 45.4 cm³/mol. The van der Waals surface area contributed by atoms with E-state index in [0.717, 1.165) is 6.42 Å². The summed E-state index contributed by atoms with van der Waals surface area (Å²) < 4.78 is 0. The molecular formula is C9H13NO3. The minimum absolute atomic E-state index is 0.303. The third kappa shape index (κ3) is 1.53. The van der Waals surface area contributed by atoms with Crippen LogP contribution in [0.15, 0.2) is 0 Å².